The molecule has 0 saturated heterocycles. The Morgan fingerprint density at radius 2 is 1.81 bits per heavy atom. The lowest BCUT2D eigenvalue weighted by Crippen LogP contribution is -2.17. The molecule has 5 rings (SSSR count). The summed E-state index contributed by atoms with van der Waals surface area (Å²) in [5.41, 5.74) is 0.973. The number of amides is 1. The number of carbonyl (C=O) groups excluding carboxylic acids is 1. The van der Waals surface area contributed by atoms with Crippen LogP contribution < -0.4 is 10.6 Å². The molecule has 8 nitrogen and oxygen atoms in total. The van der Waals surface area contributed by atoms with Crippen LogP contribution in [0.15, 0.2) is 61.3 Å². The Labute approximate surface area is 202 Å². The first kappa shape index (κ1) is 23.4. The van der Waals surface area contributed by atoms with Gasteiger partial charge in [-0.05, 0) is 42.2 Å². The number of carbonyl (C=O) groups is 1. The van der Waals surface area contributed by atoms with Gasteiger partial charge in [-0.1, -0.05) is 12.1 Å². The van der Waals surface area contributed by atoms with Gasteiger partial charge in [0.05, 0.1) is 29.9 Å². The summed E-state index contributed by atoms with van der Waals surface area (Å²) in [5, 5.41) is 9.63. The third-order valence-corrected chi connectivity index (χ3v) is 5.52. The Morgan fingerprint density at radius 3 is 2.50 bits per heavy atom. The van der Waals surface area contributed by atoms with E-state index in [9.17, 15) is 22.4 Å². The summed E-state index contributed by atoms with van der Waals surface area (Å²) in [5.74, 6) is -1.24. The molecule has 36 heavy (non-hydrogen) atoms. The van der Waals surface area contributed by atoms with Gasteiger partial charge in [0.1, 0.15) is 11.6 Å². The van der Waals surface area contributed by atoms with Crippen molar-refractivity contribution in [1.82, 2.24) is 24.7 Å². The lowest BCUT2D eigenvalue weighted by Gasteiger charge is -2.10. The van der Waals surface area contributed by atoms with Gasteiger partial charge < -0.3 is 10.6 Å². The van der Waals surface area contributed by atoms with Crippen LogP contribution in [0.25, 0.3) is 11.1 Å². The molecule has 2 N–H and O–H groups in total. The molecule has 0 unspecified atom stereocenters. The van der Waals surface area contributed by atoms with Crippen LogP contribution in [0, 0.1) is 5.82 Å². The summed E-state index contributed by atoms with van der Waals surface area (Å²) in [4.78, 5) is 24.5. The van der Waals surface area contributed by atoms with Crippen LogP contribution in [0.2, 0.25) is 0 Å². The maximum Gasteiger partial charge on any atom is 0.416 e. The van der Waals surface area contributed by atoms with E-state index in [1.165, 1.54) is 12.1 Å². The fourth-order valence-electron chi connectivity index (χ4n) is 3.52. The molecule has 184 valence electrons. The van der Waals surface area contributed by atoms with Gasteiger partial charge in [0, 0.05) is 30.4 Å². The largest absolute Gasteiger partial charge is 0.416 e. The fourth-order valence-corrected chi connectivity index (χ4v) is 3.52. The van der Waals surface area contributed by atoms with Crippen LogP contribution in [-0.2, 0) is 17.4 Å². The third kappa shape index (κ3) is 5.48. The van der Waals surface area contributed by atoms with E-state index < -0.39 is 23.5 Å². The number of aromatic nitrogens is 5. The Morgan fingerprint density at radius 1 is 1.03 bits per heavy atom. The molecule has 0 aliphatic heterocycles. The van der Waals surface area contributed by atoms with Crippen LogP contribution in [0.3, 0.4) is 0 Å². The van der Waals surface area contributed by atoms with Crippen molar-refractivity contribution in [2.45, 2.75) is 31.5 Å². The van der Waals surface area contributed by atoms with Crippen molar-refractivity contribution < 1.29 is 22.4 Å². The van der Waals surface area contributed by atoms with Gasteiger partial charge in [-0.15, -0.1) is 0 Å². The fraction of sp³-hybridized carbons (Fsp3) is 0.208. The van der Waals surface area contributed by atoms with Crippen LogP contribution in [0.5, 0.6) is 0 Å². The van der Waals surface area contributed by atoms with Crippen LogP contribution >= 0.6 is 0 Å². The van der Waals surface area contributed by atoms with E-state index in [0.29, 0.717) is 23.1 Å². The second-order valence-corrected chi connectivity index (χ2v) is 8.32. The summed E-state index contributed by atoms with van der Waals surface area (Å²) < 4.78 is 55.1. The highest BCUT2D eigenvalue weighted by Gasteiger charge is 2.31. The third-order valence-electron chi connectivity index (χ3n) is 5.52. The number of nitrogens with zero attached hydrogens (tertiary/aromatic N) is 5. The number of benzene rings is 1. The summed E-state index contributed by atoms with van der Waals surface area (Å²) >= 11 is 0. The minimum atomic E-state index is -4.57. The quantitative estimate of drug-likeness (QED) is 0.343. The molecule has 1 saturated carbocycles. The number of hydrogen-bond acceptors (Lipinski definition) is 6. The molecule has 0 spiro atoms. The standard InChI is InChI=1S/C24H19F4N7O/c25-20-7-14(16-10-30-23(31-11-16)33-18-12-32-35(13-18)19-3-4-19)1-2-15(20)8-22(36)34-21-9-17(5-6-29-21)24(26,27)28/h1-2,5-7,9-13,19H,3-4,8H2,(H,29,34,36)(H,30,31,33). The minimum absolute atomic E-state index is 0.0788. The molecule has 1 aliphatic rings. The Hall–Kier alpha value is -4.35. The molecule has 3 heterocycles. The predicted octanol–water partition coefficient (Wildman–Crippen LogP) is 5.15. The lowest BCUT2D eigenvalue weighted by molar-refractivity contribution is -0.137. The number of anilines is 3. The molecular weight excluding hydrogens is 478 g/mol. The van der Waals surface area contributed by atoms with Crippen LogP contribution in [0.1, 0.15) is 30.0 Å². The Balaban J connectivity index is 1.22. The maximum atomic E-state index is 14.7. The minimum Gasteiger partial charge on any atom is -0.321 e. The smallest absolute Gasteiger partial charge is 0.321 e. The van der Waals surface area contributed by atoms with Gasteiger partial charge in [-0.3, -0.25) is 9.48 Å². The molecule has 12 heteroatoms. The van der Waals surface area contributed by atoms with Crippen LogP contribution in [0.4, 0.5) is 35.0 Å². The molecule has 4 aromatic rings. The first-order chi connectivity index (χ1) is 17.2. The normalized spacial score (nSPS) is 13.4. The van der Waals surface area contributed by atoms with Gasteiger partial charge in [-0.25, -0.2) is 19.3 Å². The van der Waals surface area contributed by atoms with E-state index in [1.807, 2.05) is 10.9 Å². The first-order valence-corrected chi connectivity index (χ1v) is 11.0. The van der Waals surface area contributed by atoms with Crippen molar-refractivity contribution in [2.75, 3.05) is 10.6 Å². The number of nitrogens with one attached hydrogen (secondary N) is 2. The van der Waals surface area contributed by atoms with E-state index in [1.54, 1.807) is 24.7 Å². The van der Waals surface area contributed by atoms with Crippen molar-refractivity contribution in [3.05, 3.63) is 78.3 Å². The Bertz CT molecular complexity index is 1400. The van der Waals surface area contributed by atoms with Gasteiger partial charge in [0.15, 0.2) is 0 Å². The highest BCUT2D eigenvalue weighted by atomic mass is 19.4. The Kier molecular flexibility index (Phi) is 6.08. The number of halogens is 4. The molecule has 1 aromatic carbocycles. The molecular formula is C24H19F4N7O. The highest BCUT2D eigenvalue weighted by molar-refractivity contribution is 5.91. The van der Waals surface area contributed by atoms with Gasteiger partial charge in [-0.2, -0.15) is 18.3 Å². The van der Waals surface area contributed by atoms with Gasteiger partial charge >= 0.3 is 6.18 Å². The zero-order chi connectivity index (χ0) is 25.3. The summed E-state index contributed by atoms with van der Waals surface area (Å²) in [6.07, 6.45) is 4.92. The van der Waals surface area contributed by atoms with Crippen molar-refractivity contribution in [1.29, 1.82) is 0 Å². The molecule has 3 aromatic heterocycles. The predicted molar refractivity (Wildman–Crippen MR) is 123 cm³/mol. The summed E-state index contributed by atoms with van der Waals surface area (Å²) in [6, 6.07) is 6.27. The number of alkyl halides is 3. The highest BCUT2D eigenvalue weighted by Crippen LogP contribution is 2.35. The second-order valence-electron chi connectivity index (χ2n) is 8.32. The topological polar surface area (TPSA) is 97.6 Å². The average Bonchev–Trinajstić information content (AvgIpc) is 3.59. The number of rotatable bonds is 7. The number of hydrogen-bond donors (Lipinski definition) is 2. The summed E-state index contributed by atoms with van der Waals surface area (Å²) in [7, 11) is 0. The van der Waals surface area contributed by atoms with Gasteiger partial charge in [0.25, 0.3) is 0 Å². The maximum absolute atomic E-state index is 14.7. The SMILES string of the molecule is O=C(Cc1ccc(-c2cnc(Nc3cnn(C4CC4)c3)nc2)cc1F)Nc1cc(C(F)(F)F)ccn1. The molecule has 0 atom stereocenters. The van der Waals surface area contributed by atoms with Crippen molar-refractivity contribution in [3.8, 4) is 11.1 Å². The molecule has 0 bridgehead atoms. The molecule has 0 radical (unpaired) electrons. The average molecular weight is 497 g/mol. The van der Waals surface area contributed by atoms with Crippen molar-refractivity contribution >= 4 is 23.4 Å². The molecule has 1 amide bonds. The zero-order valence-corrected chi connectivity index (χ0v) is 18.6. The van der Waals surface area contributed by atoms with E-state index >= 15 is 0 Å². The summed E-state index contributed by atoms with van der Waals surface area (Å²) in [6.45, 7) is 0. The zero-order valence-electron chi connectivity index (χ0n) is 18.6. The number of pyridine rings is 1. The molecule has 1 aliphatic carbocycles. The van der Waals surface area contributed by atoms with Gasteiger partial charge in [0.2, 0.25) is 11.9 Å². The van der Waals surface area contributed by atoms with E-state index in [-0.39, 0.29) is 17.8 Å². The van der Waals surface area contributed by atoms with Crippen molar-refractivity contribution in [2.24, 2.45) is 0 Å². The molecule has 1 fully saturated rings. The van der Waals surface area contributed by atoms with Crippen LogP contribution in [-0.4, -0.2) is 30.6 Å². The van der Waals surface area contributed by atoms with E-state index in [2.05, 4.69) is 30.7 Å². The van der Waals surface area contributed by atoms with E-state index in [4.69, 9.17) is 0 Å². The van der Waals surface area contributed by atoms with E-state index in [0.717, 1.165) is 36.9 Å². The second kappa shape index (κ2) is 9.36. The first-order valence-electron chi connectivity index (χ1n) is 11.0. The lowest BCUT2D eigenvalue weighted by atomic mass is 10.0. The van der Waals surface area contributed by atoms with Crippen molar-refractivity contribution in [3.63, 3.8) is 0 Å². The monoisotopic (exact) mass is 497 g/mol.